The highest BCUT2D eigenvalue weighted by Gasteiger charge is 2.27. The van der Waals surface area contributed by atoms with Crippen LogP contribution < -0.4 is 5.32 Å². The SMILES string of the molecule is CC1=CC(NCc2ccccc2)N(C(=O)OC(C)(C)C)C=C1. The Morgan fingerprint density at radius 2 is 1.95 bits per heavy atom. The molecule has 1 aliphatic rings. The van der Waals surface area contributed by atoms with Gasteiger partial charge in [0.05, 0.1) is 0 Å². The molecule has 1 amide bonds. The summed E-state index contributed by atoms with van der Waals surface area (Å²) < 4.78 is 5.46. The van der Waals surface area contributed by atoms with Crippen LogP contribution in [0.4, 0.5) is 4.79 Å². The zero-order valence-electron chi connectivity index (χ0n) is 13.7. The van der Waals surface area contributed by atoms with Crippen LogP contribution in [0.3, 0.4) is 0 Å². The molecule has 0 radical (unpaired) electrons. The van der Waals surface area contributed by atoms with E-state index in [1.54, 1.807) is 11.1 Å². The van der Waals surface area contributed by atoms with Gasteiger partial charge in [-0.2, -0.15) is 0 Å². The van der Waals surface area contributed by atoms with Crippen LogP contribution in [0.25, 0.3) is 0 Å². The number of nitrogens with one attached hydrogen (secondary N) is 1. The zero-order valence-corrected chi connectivity index (χ0v) is 13.7. The minimum Gasteiger partial charge on any atom is -0.443 e. The van der Waals surface area contributed by atoms with Crippen LogP contribution in [-0.2, 0) is 11.3 Å². The molecule has 0 fully saturated rings. The standard InChI is InChI=1S/C18H24N2O2/c1-14-10-11-20(17(21)22-18(2,3)4)16(12-14)19-13-15-8-6-5-7-9-15/h5-12,16,19H,13H2,1-4H3. The number of nitrogens with zero attached hydrogens (tertiary/aromatic N) is 1. The van der Waals surface area contributed by atoms with Crippen molar-refractivity contribution in [2.75, 3.05) is 0 Å². The Bertz CT molecular complexity index is 570. The first-order chi connectivity index (χ1) is 10.3. The van der Waals surface area contributed by atoms with Crippen molar-refractivity contribution in [2.24, 2.45) is 0 Å². The van der Waals surface area contributed by atoms with Gasteiger partial charge < -0.3 is 4.74 Å². The fraction of sp³-hybridized carbons (Fsp3) is 0.389. The Balaban J connectivity index is 2.05. The number of carbonyl (C=O) groups is 1. The van der Waals surface area contributed by atoms with E-state index in [1.165, 1.54) is 5.56 Å². The molecule has 0 spiro atoms. The van der Waals surface area contributed by atoms with Gasteiger partial charge in [0.2, 0.25) is 0 Å². The number of rotatable bonds is 3. The largest absolute Gasteiger partial charge is 0.443 e. The summed E-state index contributed by atoms with van der Waals surface area (Å²) in [5.41, 5.74) is 1.78. The van der Waals surface area contributed by atoms with Gasteiger partial charge in [-0.1, -0.05) is 35.9 Å². The molecule has 0 bridgehead atoms. The molecule has 1 unspecified atom stereocenters. The van der Waals surface area contributed by atoms with E-state index in [2.05, 4.69) is 17.4 Å². The van der Waals surface area contributed by atoms with Gasteiger partial charge in [-0.05, 0) is 45.4 Å². The van der Waals surface area contributed by atoms with E-state index in [-0.39, 0.29) is 12.3 Å². The van der Waals surface area contributed by atoms with E-state index in [9.17, 15) is 4.79 Å². The quantitative estimate of drug-likeness (QED) is 0.923. The van der Waals surface area contributed by atoms with Gasteiger partial charge in [0.1, 0.15) is 11.8 Å². The Morgan fingerprint density at radius 1 is 1.27 bits per heavy atom. The molecule has 22 heavy (non-hydrogen) atoms. The number of hydrogen-bond donors (Lipinski definition) is 1. The number of benzene rings is 1. The van der Waals surface area contributed by atoms with Gasteiger partial charge >= 0.3 is 6.09 Å². The van der Waals surface area contributed by atoms with Crippen molar-refractivity contribution in [3.63, 3.8) is 0 Å². The molecule has 4 heteroatoms. The fourth-order valence-corrected chi connectivity index (χ4v) is 2.14. The molecule has 1 atom stereocenters. The van der Waals surface area contributed by atoms with Gasteiger partial charge in [0, 0.05) is 12.7 Å². The highest BCUT2D eigenvalue weighted by Crippen LogP contribution is 2.17. The van der Waals surface area contributed by atoms with Gasteiger partial charge in [0.25, 0.3) is 0 Å². The lowest BCUT2D eigenvalue weighted by molar-refractivity contribution is 0.0272. The summed E-state index contributed by atoms with van der Waals surface area (Å²) in [7, 11) is 0. The Hall–Kier alpha value is -2.07. The van der Waals surface area contributed by atoms with Crippen LogP contribution in [0, 0.1) is 0 Å². The molecule has 1 aliphatic heterocycles. The first-order valence-electron chi connectivity index (χ1n) is 7.50. The lowest BCUT2D eigenvalue weighted by Gasteiger charge is -2.32. The molecule has 0 saturated carbocycles. The predicted octanol–water partition coefficient (Wildman–Crippen LogP) is 3.81. The van der Waals surface area contributed by atoms with Crippen molar-refractivity contribution in [3.8, 4) is 0 Å². The van der Waals surface area contributed by atoms with Crippen molar-refractivity contribution in [1.29, 1.82) is 0 Å². The fourth-order valence-electron chi connectivity index (χ4n) is 2.14. The van der Waals surface area contributed by atoms with Crippen LogP contribution in [0.1, 0.15) is 33.3 Å². The summed E-state index contributed by atoms with van der Waals surface area (Å²) in [5.74, 6) is 0. The number of allylic oxidation sites excluding steroid dienone is 2. The predicted molar refractivity (Wildman–Crippen MR) is 88.0 cm³/mol. The third-order valence-electron chi connectivity index (χ3n) is 3.18. The van der Waals surface area contributed by atoms with Crippen molar-refractivity contribution >= 4 is 6.09 Å². The Kier molecular flexibility index (Phi) is 5.03. The van der Waals surface area contributed by atoms with Gasteiger partial charge in [-0.15, -0.1) is 0 Å². The highest BCUT2D eigenvalue weighted by atomic mass is 16.6. The molecule has 4 nitrogen and oxygen atoms in total. The number of hydrogen-bond acceptors (Lipinski definition) is 3. The molecule has 2 rings (SSSR count). The third-order valence-corrected chi connectivity index (χ3v) is 3.18. The molecule has 0 aromatic heterocycles. The summed E-state index contributed by atoms with van der Waals surface area (Å²) in [6, 6.07) is 10.1. The topological polar surface area (TPSA) is 41.6 Å². The van der Waals surface area contributed by atoms with Crippen LogP contribution in [0.2, 0.25) is 0 Å². The maximum Gasteiger partial charge on any atom is 0.415 e. The molecule has 1 aromatic rings. The summed E-state index contributed by atoms with van der Waals surface area (Å²) >= 11 is 0. The average Bonchev–Trinajstić information content (AvgIpc) is 2.44. The van der Waals surface area contributed by atoms with E-state index in [0.29, 0.717) is 6.54 Å². The van der Waals surface area contributed by atoms with Gasteiger partial charge in [-0.3, -0.25) is 10.2 Å². The van der Waals surface area contributed by atoms with Crippen LogP contribution >= 0.6 is 0 Å². The minimum absolute atomic E-state index is 0.208. The van der Waals surface area contributed by atoms with E-state index in [4.69, 9.17) is 4.74 Å². The maximum absolute atomic E-state index is 12.3. The summed E-state index contributed by atoms with van der Waals surface area (Å²) in [6.45, 7) is 8.30. The molecular formula is C18H24N2O2. The maximum atomic E-state index is 12.3. The van der Waals surface area contributed by atoms with Crippen molar-refractivity contribution in [1.82, 2.24) is 10.2 Å². The summed E-state index contributed by atoms with van der Waals surface area (Å²) in [6.07, 6.45) is 5.14. The summed E-state index contributed by atoms with van der Waals surface area (Å²) in [5, 5.41) is 3.38. The van der Waals surface area contributed by atoms with Crippen LogP contribution in [0.5, 0.6) is 0 Å². The first-order valence-corrected chi connectivity index (χ1v) is 7.50. The molecule has 1 heterocycles. The molecule has 1 N–H and O–H groups in total. The average molecular weight is 300 g/mol. The second kappa shape index (κ2) is 6.79. The van der Waals surface area contributed by atoms with Gasteiger partial charge in [-0.25, -0.2) is 4.79 Å². The molecule has 0 aliphatic carbocycles. The lowest BCUT2D eigenvalue weighted by atomic mass is 10.1. The normalized spacial score (nSPS) is 18.1. The number of amides is 1. The van der Waals surface area contributed by atoms with Crippen molar-refractivity contribution < 1.29 is 9.53 Å². The minimum atomic E-state index is -0.509. The monoisotopic (exact) mass is 300 g/mol. The third kappa shape index (κ3) is 4.74. The second-order valence-electron chi connectivity index (χ2n) is 6.43. The number of carbonyl (C=O) groups excluding carboxylic acids is 1. The smallest absolute Gasteiger partial charge is 0.415 e. The summed E-state index contributed by atoms with van der Waals surface area (Å²) in [4.78, 5) is 13.9. The molecule has 118 valence electrons. The Labute approximate surface area is 132 Å². The van der Waals surface area contributed by atoms with E-state index in [1.807, 2.05) is 58.0 Å². The van der Waals surface area contributed by atoms with Gasteiger partial charge in [0.15, 0.2) is 0 Å². The van der Waals surface area contributed by atoms with Crippen molar-refractivity contribution in [2.45, 2.75) is 46.0 Å². The van der Waals surface area contributed by atoms with Crippen LogP contribution in [-0.4, -0.2) is 22.8 Å². The molecular weight excluding hydrogens is 276 g/mol. The molecule has 1 aromatic carbocycles. The van der Waals surface area contributed by atoms with E-state index >= 15 is 0 Å². The van der Waals surface area contributed by atoms with Crippen molar-refractivity contribution in [3.05, 3.63) is 59.8 Å². The van der Waals surface area contributed by atoms with E-state index in [0.717, 1.165) is 5.57 Å². The van der Waals surface area contributed by atoms with Crippen LogP contribution in [0.15, 0.2) is 54.3 Å². The first kappa shape index (κ1) is 16.3. The molecule has 0 saturated heterocycles. The zero-order chi connectivity index (χ0) is 16.2. The lowest BCUT2D eigenvalue weighted by Crippen LogP contribution is -2.47. The number of ether oxygens (including phenoxy) is 1. The second-order valence-corrected chi connectivity index (χ2v) is 6.43. The highest BCUT2D eigenvalue weighted by molar-refractivity contribution is 5.70. The van der Waals surface area contributed by atoms with E-state index < -0.39 is 5.60 Å². The Morgan fingerprint density at radius 3 is 2.59 bits per heavy atom.